The number of aryl methyl sites for hydroxylation is 1. The van der Waals surface area contributed by atoms with E-state index in [9.17, 15) is 4.79 Å². The first-order chi connectivity index (χ1) is 14.6. The average molecular weight is 398 g/mol. The van der Waals surface area contributed by atoms with E-state index in [-0.39, 0.29) is 5.91 Å². The molecule has 4 aromatic rings. The van der Waals surface area contributed by atoms with Crippen LogP contribution in [0.3, 0.4) is 0 Å². The number of anilines is 2. The van der Waals surface area contributed by atoms with Crippen LogP contribution >= 0.6 is 0 Å². The largest absolute Gasteiger partial charge is 0.348 e. The number of nitrogens with one attached hydrogen (secondary N) is 3. The molecule has 0 unspecified atom stereocenters. The minimum Gasteiger partial charge on any atom is -0.348 e. The number of rotatable bonds is 5. The highest BCUT2D eigenvalue weighted by atomic mass is 16.1. The molecule has 0 fully saturated rings. The molecule has 0 saturated heterocycles. The highest BCUT2D eigenvalue weighted by Gasteiger charge is 2.27. The van der Waals surface area contributed by atoms with Crippen molar-refractivity contribution in [3.05, 3.63) is 77.2 Å². The lowest BCUT2D eigenvalue weighted by Gasteiger charge is -2.13. The zero-order valence-corrected chi connectivity index (χ0v) is 16.9. The van der Waals surface area contributed by atoms with Crippen molar-refractivity contribution in [1.82, 2.24) is 25.0 Å². The quantitative estimate of drug-likeness (QED) is 0.480. The van der Waals surface area contributed by atoms with E-state index >= 15 is 0 Å². The molecule has 7 heteroatoms. The van der Waals surface area contributed by atoms with E-state index in [1.807, 2.05) is 55.8 Å². The standard InChI is InChI=1S/C23H22N6O/c1-14-8-9-29-19(13-25-21(29)10-14)16-6-7-18(22-17(16)12-26-23(22)30)28-20-5-3-4-15(27-20)11-24-2/h3-10,13,24H,11-12H2,1-2H3,(H,26,30)(H,27,28). The van der Waals surface area contributed by atoms with E-state index in [1.54, 1.807) is 0 Å². The van der Waals surface area contributed by atoms with Crippen molar-refractivity contribution in [2.24, 2.45) is 0 Å². The van der Waals surface area contributed by atoms with Crippen LogP contribution in [0.15, 0.2) is 54.9 Å². The van der Waals surface area contributed by atoms with Crippen LogP contribution in [-0.2, 0) is 13.1 Å². The van der Waals surface area contributed by atoms with E-state index in [2.05, 4.69) is 43.3 Å². The maximum absolute atomic E-state index is 12.7. The molecule has 1 aromatic carbocycles. The second-order valence-electron chi connectivity index (χ2n) is 7.44. The van der Waals surface area contributed by atoms with Gasteiger partial charge in [-0.05, 0) is 55.4 Å². The number of carbonyl (C=O) groups is 1. The predicted octanol–water partition coefficient (Wildman–Crippen LogP) is 3.41. The van der Waals surface area contributed by atoms with Crippen molar-refractivity contribution in [3.63, 3.8) is 0 Å². The first kappa shape index (κ1) is 18.3. The molecule has 30 heavy (non-hydrogen) atoms. The monoisotopic (exact) mass is 398 g/mol. The molecule has 3 aromatic heterocycles. The molecule has 7 nitrogen and oxygen atoms in total. The molecule has 1 aliphatic heterocycles. The van der Waals surface area contributed by atoms with Gasteiger partial charge in [0.25, 0.3) is 5.91 Å². The Morgan fingerprint density at radius 3 is 2.97 bits per heavy atom. The summed E-state index contributed by atoms with van der Waals surface area (Å²) in [5, 5.41) is 9.39. The van der Waals surface area contributed by atoms with Gasteiger partial charge < -0.3 is 16.0 Å². The van der Waals surface area contributed by atoms with Gasteiger partial charge in [0, 0.05) is 24.8 Å². The SMILES string of the molecule is CNCc1cccc(Nc2ccc(-c3cnc4cc(C)ccn34)c3c2C(=O)NC3)n1. The molecule has 0 spiro atoms. The maximum Gasteiger partial charge on any atom is 0.254 e. The number of pyridine rings is 2. The fourth-order valence-corrected chi connectivity index (χ4v) is 3.94. The third-order valence-electron chi connectivity index (χ3n) is 5.34. The summed E-state index contributed by atoms with van der Waals surface area (Å²) in [6, 6.07) is 13.9. The Morgan fingerprint density at radius 2 is 2.10 bits per heavy atom. The molecule has 0 bridgehead atoms. The average Bonchev–Trinajstić information content (AvgIpc) is 3.33. The van der Waals surface area contributed by atoms with Crippen LogP contribution in [0.5, 0.6) is 0 Å². The first-order valence-corrected chi connectivity index (χ1v) is 9.90. The third kappa shape index (κ3) is 3.09. The number of hydrogen-bond acceptors (Lipinski definition) is 5. The van der Waals surface area contributed by atoms with Gasteiger partial charge in [-0.2, -0.15) is 0 Å². The minimum atomic E-state index is -0.0783. The molecular formula is C23H22N6O. The lowest BCUT2D eigenvalue weighted by molar-refractivity contribution is 0.0966. The molecule has 0 saturated carbocycles. The van der Waals surface area contributed by atoms with Crippen molar-refractivity contribution in [1.29, 1.82) is 0 Å². The summed E-state index contributed by atoms with van der Waals surface area (Å²) in [6.07, 6.45) is 3.88. The van der Waals surface area contributed by atoms with Gasteiger partial charge in [-0.1, -0.05) is 12.1 Å². The summed E-state index contributed by atoms with van der Waals surface area (Å²) in [5.74, 6) is 0.632. The Balaban J connectivity index is 1.58. The number of hydrogen-bond donors (Lipinski definition) is 3. The highest BCUT2D eigenvalue weighted by Crippen LogP contribution is 2.35. The van der Waals surface area contributed by atoms with Crippen LogP contribution in [-0.4, -0.2) is 27.3 Å². The van der Waals surface area contributed by atoms with Gasteiger partial charge in [-0.15, -0.1) is 0 Å². The van der Waals surface area contributed by atoms with Gasteiger partial charge >= 0.3 is 0 Å². The summed E-state index contributed by atoms with van der Waals surface area (Å²) in [5.41, 5.74) is 7.34. The number of fused-ring (bicyclic) bond motifs is 2. The van der Waals surface area contributed by atoms with E-state index in [0.717, 1.165) is 39.4 Å². The van der Waals surface area contributed by atoms with Crippen molar-refractivity contribution < 1.29 is 4.79 Å². The van der Waals surface area contributed by atoms with Crippen LogP contribution in [0.4, 0.5) is 11.5 Å². The Hall–Kier alpha value is -3.71. The van der Waals surface area contributed by atoms with E-state index in [1.165, 1.54) is 0 Å². The molecule has 5 rings (SSSR count). The number of benzene rings is 1. The molecular weight excluding hydrogens is 376 g/mol. The topological polar surface area (TPSA) is 83.3 Å². The summed E-state index contributed by atoms with van der Waals surface area (Å²) in [6.45, 7) is 3.22. The first-order valence-electron chi connectivity index (χ1n) is 9.90. The molecule has 3 N–H and O–H groups in total. The normalized spacial score (nSPS) is 12.8. The molecule has 0 atom stereocenters. The van der Waals surface area contributed by atoms with Crippen molar-refractivity contribution in [3.8, 4) is 11.3 Å². The Morgan fingerprint density at radius 1 is 1.20 bits per heavy atom. The van der Waals surface area contributed by atoms with E-state index < -0.39 is 0 Å². The number of amides is 1. The predicted molar refractivity (Wildman–Crippen MR) is 117 cm³/mol. The molecule has 0 radical (unpaired) electrons. The Kier molecular flexibility index (Phi) is 4.44. The van der Waals surface area contributed by atoms with Crippen LogP contribution in [0.1, 0.15) is 27.2 Å². The van der Waals surface area contributed by atoms with Crippen molar-refractivity contribution >= 4 is 23.1 Å². The van der Waals surface area contributed by atoms with Gasteiger partial charge in [-0.3, -0.25) is 9.20 Å². The van der Waals surface area contributed by atoms with Gasteiger partial charge in [-0.25, -0.2) is 9.97 Å². The smallest absolute Gasteiger partial charge is 0.254 e. The summed E-state index contributed by atoms with van der Waals surface area (Å²) in [4.78, 5) is 21.8. The molecule has 1 aliphatic rings. The van der Waals surface area contributed by atoms with Gasteiger partial charge in [0.05, 0.1) is 28.8 Å². The molecule has 0 aliphatic carbocycles. The second kappa shape index (κ2) is 7.27. The fourth-order valence-electron chi connectivity index (χ4n) is 3.94. The summed E-state index contributed by atoms with van der Waals surface area (Å²) in [7, 11) is 1.89. The van der Waals surface area contributed by atoms with Gasteiger partial charge in [0.2, 0.25) is 0 Å². The van der Waals surface area contributed by atoms with Gasteiger partial charge in [0.15, 0.2) is 0 Å². The van der Waals surface area contributed by atoms with Crippen molar-refractivity contribution in [2.45, 2.75) is 20.0 Å². The van der Waals surface area contributed by atoms with E-state index in [0.29, 0.717) is 24.5 Å². The highest BCUT2D eigenvalue weighted by molar-refractivity contribution is 6.06. The van der Waals surface area contributed by atoms with Crippen LogP contribution in [0, 0.1) is 6.92 Å². The van der Waals surface area contributed by atoms with E-state index in [4.69, 9.17) is 0 Å². The lowest BCUT2D eigenvalue weighted by atomic mass is 9.99. The fraction of sp³-hybridized carbons (Fsp3) is 0.174. The van der Waals surface area contributed by atoms with Crippen LogP contribution in [0.2, 0.25) is 0 Å². The lowest BCUT2D eigenvalue weighted by Crippen LogP contribution is -2.13. The Bertz CT molecular complexity index is 1280. The van der Waals surface area contributed by atoms with Crippen molar-refractivity contribution in [2.75, 3.05) is 12.4 Å². The maximum atomic E-state index is 12.7. The van der Waals surface area contributed by atoms with Crippen LogP contribution < -0.4 is 16.0 Å². The number of aromatic nitrogens is 3. The molecule has 4 heterocycles. The molecule has 1 amide bonds. The van der Waals surface area contributed by atoms with Gasteiger partial charge in [0.1, 0.15) is 11.5 Å². The summed E-state index contributed by atoms with van der Waals surface area (Å²) < 4.78 is 2.06. The minimum absolute atomic E-state index is 0.0783. The van der Waals surface area contributed by atoms with Crippen LogP contribution in [0.25, 0.3) is 16.9 Å². The Labute approximate surface area is 174 Å². The number of carbonyl (C=O) groups excluding carboxylic acids is 1. The zero-order chi connectivity index (χ0) is 20.7. The third-order valence-corrected chi connectivity index (χ3v) is 5.34. The molecule has 150 valence electrons. The number of imidazole rings is 1. The summed E-state index contributed by atoms with van der Waals surface area (Å²) >= 11 is 0. The number of nitrogens with zero attached hydrogens (tertiary/aromatic N) is 3. The zero-order valence-electron chi connectivity index (χ0n) is 16.9. The second-order valence-corrected chi connectivity index (χ2v) is 7.44.